The number of likely N-dealkylation sites (tertiary alicyclic amines) is 1. The van der Waals surface area contributed by atoms with Crippen molar-refractivity contribution in [3.8, 4) is 0 Å². The fourth-order valence-electron chi connectivity index (χ4n) is 5.10. The van der Waals surface area contributed by atoms with Crippen LogP contribution in [0.3, 0.4) is 0 Å². The predicted octanol–water partition coefficient (Wildman–Crippen LogP) is 4.00. The highest BCUT2D eigenvalue weighted by Gasteiger charge is 2.38. The summed E-state index contributed by atoms with van der Waals surface area (Å²) in [5, 5.41) is 8.56. The predicted molar refractivity (Wildman–Crippen MR) is 120 cm³/mol. The largest absolute Gasteiger partial charge is 0.433 e. The Balaban J connectivity index is 1.46. The first-order valence-electron chi connectivity index (χ1n) is 11.7. The van der Waals surface area contributed by atoms with Gasteiger partial charge in [0.1, 0.15) is 11.5 Å². The maximum atomic E-state index is 13.2. The van der Waals surface area contributed by atoms with Crippen LogP contribution in [-0.4, -0.2) is 54.8 Å². The lowest BCUT2D eigenvalue weighted by molar-refractivity contribution is -0.143. The van der Waals surface area contributed by atoms with Gasteiger partial charge in [-0.25, -0.2) is 9.50 Å². The Labute approximate surface area is 195 Å². The lowest BCUT2D eigenvalue weighted by Crippen LogP contribution is -2.39. The third-order valence-electron chi connectivity index (χ3n) is 6.84. The molecule has 3 aromatic rings. The molecule has 34 heavy (non-hydrogen) atoms. The number of aromatic nitrogens is 5. The van der Waals surface area contributed by atoms with Gasteiger partial charge in [0.25, 0.3) is 5.91 Å². The molecule has 2 aliphatic heterocycles. The summed E-state index contributed by atoms with van der Waals surface area (Å²) in [5.74, 6) is 1.07. The minimum atomic E-state index is -4.57. The lowest BCUT2D eigenvalue weighted by Gasteiger charge is -2.34. The summed E-state index contributed by atoms with van der Waals surface area (Å²) in [6.45, 7) is 6.64. The van der Waals surface area contributed by atoms with Crippen molar-refractivity contribution in [2.24, 2.45) is 13.0 Å². The molecule has 182 valence electrons. The lowest BCUT2D eigenvalue weighted by atomic mass is 9.99. The van der Waals surface area contributed by atoms with Gasteiger partial charge in [-0.2, -0.15) is 23.4 Å². The molecule has 0 aromatic carbocycles. The zero-order valence-electron chi connectivity index (χ0n) is 19.5. The second-order valence-corrected chi connectivity index (χ2v) is 9.51. The van der Waals surface area contributed by atoms with Gasteiger partial charge in [0.15, 0.2) is 11.3 Å². The number of rotatable bonds is 3. The number of nitrogens with zero attached hydrogens (tertiary/aromatic N) is 7. The number of hydrogen-bond donors (Lipinski definition) is 0. The summed E-state index contributed by atoms with van der Waals surface area (Å²) in [6.07, 6.45) is 0.888. The first-order chi connectivity index (χ1) is 16.1. The zero-order valence-corrected chi connectivity index (χ0v) is 19.5. The van der Waals surface area contributed by atoms with E-state index >= 15 is 0 Å². The number of hydrogen-bond acceptors (Lipinski definition) is 5. The number of piperidine rings is 1. The fraction of sp³-hybridized carbons (Fsp3) is 0.565. The Bertz CT molecular complexity index is 1230. The molecule has 5 rings (SSSR count). The van der Waals surface area contributed by atoms with Crippen molar-refractivity contribution in [1.29, 1.82) is 0 Å². The molecule has 3 aromatic heterocycles. The van der Waals surface area contributed by atoms with Gasteiger partial charge in [-0.15, -0.1) is 0 Å². The smallest absolute Gasteiger partial charge is 0.356 e. The van der Waals surface area contributed by atoms with Crippen molar-refractivity contribution in [3.63, 3.8) is 0 Å². The fourth-order valence-corrected chi connectivity index (χ4v) is 5.10. The third kappa shape index (κ3) is 4.01. The summed E-state index contributed by atoms with van der Waals surface area (Å²) < 4.78 is 42.1. The van der Waals surface area contributed by atoms with E-state index in [0.717, 1.165) is 49.8 Å². The molecule has 2 saturated heterocycles. The Morgan fingerprint density at radius 1 is 1.12 bits per heavy atom. The van der Waals surface area contributed by atoms with E-state index in [9.17, 15) is 18.0 Å². The van der Waals surface area contributed by atoms with Crippen molar-refractivity contribution in [2.75, 3.05) is 24.5 Å². The van der Waals surface area contributed by atoms with Gasteiger partial charge in [-0.05, 0) is 38.5 Å². The molecule has 0 spiro atoms. The highest BCUT2D eigenvalue weighted by molar-refractivity contribution is 5.92. The van der Waals surface area contributed by atoms with Crippen LogP contribution >= 0.6 is 0 Å². The number of carbonyl (C=O) groups excluding carboxylic acids is 1. The van der Waals surface area contributed by atoms with E-state index in [1.54, 1.807) is 9.42 Å². The monoisotopic (exact) mass is 475 g/mol. The van der Waals surface area contributed by atoms with Crippen LogP contribution in [0.4, 0.5) is 19.0 Å². The van der Waals surface area contributed by atoms with Crippen molar-refractivity contribution >= 4 is 17.4 Å². The number of halogens is 3. The molecule has 0 bridgehead atoms. The summed E-state index contributed by atoms with van der Waals surface area (Å²) in [5.41, 5.74) is 1.27. The molecule has 0 saturated carbocycles. The van der Waals surface area contributed by atoms with Crippen molar-refractivity contribution in [1.82, 2.24) is 29.3 Å². The molecule has 8 nitrogen and oxygen atoms in total. The molecule has 0 N–H and O–H groups in total. The van der Waals surface area contributed by atoms with E-state index in [-0.39, 0.29) is 11.7 Å². The van der Waals surface area contributed by atoms with Gasteiger partial charge >= 0.3 is 6.18 Å². The van der Waals surface area contributed by atoms with Crippen molar-refractivity contribution in [2.45, 2.75) is 51.7 Å². The topological polar surface area (TPSA) is 71.6 Å². The SMILES string of the molecule is Cc1cn2nc([C@@H]3CCCCN3C(=O)c3cc(C(F)(F)F)n(C)n3)cc2nc1N1CC[C@H](C)C1. The summed E-state index contributed by atoms with van der Waals surface area (Å²) in [4.78, 5) is 22.0. The number of carbonyl (C=O) groups is 1. The van der Waals surface area contributed by atoms with Gasteiger partial charge in [-0.3, -0.25) is 9.48 Å². The number of fused-ring (bicyclic) bond motifs is 1. The van der Waals surface area contributed by atoms with Gasteiger partial charge in [0.2, 0.25) is 0 Å². The van der Waals surface area contributed by atoms with E-state index < -0.39 is 17.8 Å². The minimum Gasteiger partial charge on any atom is -0.356 e. The minimum absolute atomic E-state index is 0.204. The molecule has 0 unspecified atom stereocenters. The molecule has 11 heteroatoms. The Morgan fingerprint density at radius 3 is 2.59 bits per heavy atom. The third-order valence-corrected chi connectivity index (χ3v) is 6.84. The Morgan fingerprint density at radius 2 is 1.91 bits per heavy atom. The van der Waals surface area contributed by atoms with Crippen LogP contribution < -0.4 is 4.90 Å². The quantitative estimate of drug-likeness (QED) is 0.573. The van der Waals surface area contributed by atoms with Crippen molar-refractivity contribution < 1.29 is 18.0 Å². The number of amides is 1. The van der Waals surface area contributed by atoms with E-state index in [4.69, 9.17) is 10.1 Å². The first-order valence-corrected chi connectivity index (χ1v) is 11.7. The van der Waals surface area contributed by atoms with Crippen LogP contribution in [0, 0.1) is 12.8 Å². The standard InChI is InChI=1S/C23H28F3N7O/c1-14-7-9-31(12-14)21-15(2)13-33-20(27-21)11-16(29-33)18-6-4-5-8-32(18)22(34)17-10-19(23(24,25)26)30(3)28-17/h10-11,13-14,18H,4-9,12H2,1-3H3/t14-,18-/m0/s1. The van der Waals surface area contributed by atoms with Crippen LogP contribution in [-0.2, 0) is 13.2 Å². The normalized spacial score (nSPS) is 21.6. The second kappa shape index (κ2) is 8.28. The molecule has 2 atom stereocenters. The Hall–Kier alpha value is -3.11. The molecule has 1 amide bonds. The highest BCUT2D eigenvalue weighted by Crippen LogP contribution is 2.34. The number of alkyl halides is 3. The van der Waals surface area contributed by atoms with Gasteiger partial charge < -0.3 is 9.80 Å². The molecule has 5 heterocycles. The average molecular weight is 476 g/mol. The Kier molecular flexibility index (Phi) is 5.52. The van der Waals surface area contributed by atoms with E-state index in [1.807, 2.05) is 19.2 Å². The summed E-state index contributed by atoms with van der Waals surface area (Å²) in [6, 6.07) is 2.37. The van der Waals surface area contributed by atoms with Crippen molar-refractivity contribution in [3.05, 3.63) is 41.0 Å². The summed E-state index contributed by atoms with van der Waals surface area (Å²) in [7, 11) is 1.20. The molecular formula is C23H28F3N7O. The number of aryl methyl sites for hydroxylation is 2. The van der Waals surface area contributed by atoms with Gasteiger partial charge in [0, 0.05) is 50.6 Å². The second-order valence-electron chi connectivity index (χ2n) is 9.51. The van der Waals surface area contributed by atoms with E-state index in [1.165, 1.54) is 7.05 Å². The van der Waals surface area contributed by atoms with Crippen LogP contribution in [0.5, 0.6) is 0 Å². The molecule has 2 aliphatic rings. The highest BCUT2D eigenvalue weighted by atomic mass is 19.4. The maximum Gasteiger partial charge on any atom is 0.433 e. The molecular weight excluding hydrogens is 447 g/mol. The van der Waals surface area contributed by atoms with Gasteiger partial charge in [-0.1, -0.05) is 6.92 Å². The number of anilines is 1. The molecule has 2 fully saturated rings. The van der Waals surface area contributed by atoms with E-state index in [2.05, 4.69) is 16.9 Å². The van der Waals surface area contributed by atoms with Crippen LogP contribution in [0.1, 0.15) is 66.1 Å². The van der Waals surface area contributed by atoms with Crippen LogP contribution in [0.15, 0.2) is 18.3 Å². The summed E-state index contributed by atoms with van der Waals surface area (Å²) >= 11 is 0. The first kappa shape index (κ1) is 22.7. The van der Waals surface area contributed by atoms with E-state index in [0.29, 0.717) is 34.9 Å². The molecule has 0 radical (unpaired) electrons. The van der Waals surface area contributed by atoms with Crippen LogP contribution in [0.25, 0.3) is 5.65 Å². The maximum absolute atomic E-state index is 13.2. The average Bonchev–Trinajstić information content (AvgIpc) is 3.50. The zero-order chi connectivity index (χ0) is 24.2. The van der Waals surface area contributed by atoms with Gasteiger partial charge in [0.05, 0.1) is 11.7 Å². The van der Waals surface area contributed by atoms with Crippen LogP contribution in [0.2, 0.25) is 0 Å². The molecule has 0 aliphatic carbocycles.